The van der Waals surface area contributed by atoms with E-state index in [9.17, 15) is 4.79 Å². The zero-order valence-corrected chi connectivity index (χ0v) is 10.9. The van der Waals surface area contributed by atoms with E-state index in [1.165, 1.54) is 6.08 Å². The van der Waals surface area contributed by atoms with Crippen molar-refractivity contribution in [1.82, 2.24) is 10.1 Å². The van der Waals surface area contributed by atoms with Crippen LogP contribution in [0.25, 0.3) is 6.08 Å². The predicted molar refractivity (Wildman–Crippen MR) is 71.1 cm³/mol. The minimum absolute atomic E-state index is 0.230. The van der Waals surface area contributed by atoms with Crippen LogP contribution in [0.3, 0.4) is 0 Å². The van der Waals surface area contributed by atoms with Crippen molar-refractivity contribution < 1.29 is 19.2 Å². The number of carboxylic acid groups (broad SMARTS) is 1. The summed E-state index contributed by atoms with van der Waals surface area (Å²) in [6, 6.07) is 7.04. The number of ether oxygens (including phenoxy) is 1. The summed E-state index contributed by atoms with van der Waals surface area (Å²) in [5.74, 6) is 0.754. The average molecular weight is 274 g/mol. The van der Waals surface area contributed by atoms with Gasteiger partial charge < -0.3 is 14.4 Å². The summed E-state index contributed by atoms with van der Waals surface area (Å²) in [6.07, 6.45) is 3.29. The Bertz CT molecular complexity index is 602. The molecule has 0 spiro atoms. The highest BCUT2D eigenvalue weighted by molar-refractivity contribution is 5.85. The van der Waals surface area contributed by atoms with E-state index in [1.54, 1.807) is 24.3 Å². The average Bonchev–Trinajstić information content (AvgIpc) is 2.92. The molecule has 1 heterocycles. The van der Waals surface area contributed by atoms with Crippen molar-refractivity contribution >= 4 is 12.0 Å². The van der Waals surface area contributed by atoms with Gasteiger partial charge in [-0.1, -0.05) is 24.2 Å². The van der Waals surface area contributed by atoms with E-state index in [4.69, 9.17) is 14.4 Å². The molecular formula is C14H14N2O4. The first-order valence-electron chi connectivity index (χ1n) is 6.12. The quantitative estimate of drug-likeness (QED) is 0.813. The number of hydrogen-bond acceptors (Lipinski definition) is 5. The smallest absolute Gasteiger partial charge is 0.328 e. The van der Waals surface area contributed by atoms with Gasteiger partial charge in [-0.2, -0.15) is 4.98 Å². The lowest BCUT2D eigenvalue weighted by Gasteiger charge is -2.03. The van der Waals surface area contributed by atoms with Crippen LogP contribution in [-0.2, 0) is 17.8 Å². The van der Waals surface area contributed by atoms with Crippen LogP contribution in [0.1, 0.15) is 24.2 Å². The molecule has 2 aromatic rings. The van der Waals surface area contributed by atoms with E-state index in [0.29, 0.717) is 23.9 Å². The highest BCUT2D eigenvalue weighted by Crippen LogP contribution is 2.14. The fraction of sp³-hybridized carbons (Fsp3) is 0.214. The van der Waals surface area contributed by atoms with E-state index < -0.39 is 5.97 Å². The molecule has 0 saturated carbocycles. The van der Waals surface area contributed by atoms with E-state index in [-0.39, 0.29) is 6.61 Å². The molecule has 0 saturated heterocycles. The van der Waals surface area contributed by atoms with Gasteiger partial charge in [0.05, 0.1) is 0 Å². The lowest BCUT2D eigenvalue weighted by atomic mass is 10.2. The molecule has 6 nitrogen and oxygen atoms in total. The molecular weight excluding hydrogens is 260 g/mol. The summed E-state index contributed by atoms with van der Waals surface area (Å²) >= 11 is 0. The van der Waals surface area contributed by atoms with Gasteiger partial charge in [-0.3, -0.25) is 0 Å². The molecule has 0 aliphatic rings. The van der Waals surface area contributed by atoms with Gasteiger partial charge in [0, 0.05) is 12.5 Å². The van der Waals surface area contributed by atoms with Crippen molar-refractivity contribution in [3.05, 3.63) is 47.6 Å². The number of carboxylic acids is 1. The summed E-state index contributed by atoms with van der Waals surface area (Å²) in [5.41, 5.74) is 0.785. The second kappa shape index (κ2) is 6.51. The summed E-state index contributed by atoms with van der Waals surface area (Å²) < 4.78 is 10.5. The standard InChI is InChI=1S/C14H14N2O4/c1-2-13-15-12(16-20-13)9-19-11-6-3-10(4-7-11)5-8-14(17)18/h3-8H,2,9H2,1H3,(H,17,18). The number of hydrogen-bond donors (Lipinski definition) is 1. The summed E-state index contributed by atoms with van der Waals surface area (Å²) in [7, 11) is 0. The van der Waals surface area contributed by atoms with Crippen LogP contribution in [0.15, 0.2) is 34.9 Å². The first-order chi connectivity index (χ1) is 9.67. The number of carbonyl (C=O) groups is 1. The third-order valence-electron chi connectivity index (χ3n) is 2.48. The maximum absolute atomic E-state index is 10.4. The molecule has 0 bridgehead atoms. The molecule has 6 heteroatoms. The molecule has 0 atom stereocenters. The Balaban J connectivity index is 1.92. The first-order valence-corrected chi connectivity index (χ1v) is 6.12. The van der Waals surface area contributed by atoms with Crippen molar-refractivity contribution in [2.24, 2.45) is 0 Å². The Labute approximate surface area is 115 Å². The van der Waals surface area contributed by atoms with Gasteiger partial charge in [-0.05, 0) is 23.8 Å². The number of aryl methyl sites for hydroxylation is 1. The van der Waals surface area contributed by atoms with E-state index >= 15 is 0 Å². The zero-order chi connectivity index (χ0) is 14.4. The molecule has 1 aromatic carbocycles. The largest absolute Gasteiger partial charge is 0.485 e. The van der Waals surface area contributed by atoms with Crippen LogP contribution in [0, 0.1) is 0 Å². The van der Waals surface area contributed by atoms with Gasteiger partial charge in [0.1, 0.15) is 5.75 Å². The molecule has 0 amide bonds. The second-order valence-corrected chi connectivity index (χ2v) is 3.99. The second-order valence-electron chi connectivity index (χ2n) is 3.99. The molecule has 0 aliphatic carbocycles. The van der Waals surface area contributed by atoms with Crippen LogP contribution < -0.4 is 4.74 Å². The van der Waals surface area contributed by atoms with Crippen molar-refractivity contribution in [1.29, 1.82) is 0 Å². The van der Waals surface area contributed by atoms with Crippen molar-refractivity contribution in [3.63, 3.8) is 0 Å². The van der Waals surface area contributed by atoms with Gasteiger partial charge >= 0.3 is 5.97 Å². The number of aliphatic carboxylic acids is 1. The molecule has 1 aromatic heterocycles. The molecule has 2 rings (SSSR count). The summed E-state index contributed by atoms with van der Waals surface area (Å²) in [4.78, 5) is 14.5. The lowest BCUT2D eigenvalue weighted by molar-refractivity contribution is -0.131. The van der Waals surface area contributed by atoms with Gasteiger partial charge in [0.25, 0.3) is 0 Å². The van der Waals surface area contributed by atoms with E-state index in [0.717, 1.165) is 11.6 Å². The van der Waals surface area contributed by atoms with Crippen LogP contribution in [-0.4, -0.2) is 21.2 Å². The van der Waals surface area contributed by atoms with Crippen molar-refractivity contribution in [2.75, 3.05) is 0 Å². The molecule has 1 N–H and O–H groups in total. The number of benzene rings is 1. The van der Waals surface area contributed by atoms with E-state index in [2.05, 4.69) is 10.1 Å². The summed E-state index contributed by atoms with van der Waals surface area (Å²) in [6.45, 7) is 2.16. The fourth-order valence-corrected chi connectivity index (χ4v) is 1.48. The van der Waals surface area contributed by atoms with Gasteiger partial charge in [-0.15, -0.1) is 0 Å². The normalized spacial score (nSPS) is 10.8. The highest BCUT2D eigenvalue weighted by atomic mass is 16.5. The first kappa shape index (κ1) is 13.8. The molecule has 104 valence electrons. The van der Waals surface area contributed by atoms with Crippen molar-refractivity contribution in [3.8, 4) is 5.75 Å². The highest BCUT2D eigenvalue weighted by Gasteiger charge is 2.04. The molecule has 0 radical (unpaired) electrons. The SMILES string of the molecule is CCc1nc(COc2ccc(C=CC(=O)O)cc2)no1. The predicted octanol–water partition coefficient (Wildman–Crippen LogP) is 2.31. The number of rotatable bonds is 6. The fourth-order valence-electron chi connectivity index (χ4n) is 1.48. The topological polar surface area (TPSA) is 85.5 Å². The van der Waals surface area contributed by atoms with Crippen LogP contribution in [0.2, 0.25) is 0 Å². The maximum Gasteiger partial charge on any atom is 0.328 e. The Hall–Kier alpha value is -2.63. The van der Waals surface area contributed by atoms with Crippen LogP contribution in [0.4, 0.5) is 0 Å². The Morgan fingerprint density at radius 3 is 2.75 bits per heavy atom. The summed E-state index contributed by atoms with van der Waals surface area (Å²) in [5, 5.41) is 12.3. The minimum Gasteiger partial charge on any atom is -0.485 e. The number of aromatic nitrogens is 2. The lowest BCUT2D eigenvalue weighted by Crippen LogP contribution is -1.97. The molecule has 20 heavy (non-hydrogen) atoms. The molecule has 0 fully saturated rings. The van der Waals surface area contributed by atoms with Gasteiger partial charge in [-0.25, -0.2) is 4.79 Å². The Morgan fingerprint density at radius 2 is 2.15 bits per heavy atom. The zero-order valence-electron chi connectivity index (χ0n) is 10.9. The van der Waals surface area contributed by atoms with Crippen molar-refractivity contribution in [2.45, 2.75) is 20.0 Å². The van der Waals surface area contributed by atoms with Crippen LogP contribution in [0.5, 0.6) is 5.75 Å². The van der Waals surface area contributed by atoms with Gasteiger partial charge in [0.2, 0.25) is 11.7 Å². The minimum atomic E-state index is -0.978. The maximum atomic E-state index is 10.4. The molecule has 0 aliphatic heterocycles. The third kappa shape index (κ3) is 3.94. The Morgan fingerprint density at radius 1 is 1.40 bits per heavy atom. The third-order valence-corrected chi connectivity index (χ3v) is 2.48. The van der Waals surface area contributed by atoms with Gasteiger partial charge in [0.15, 0.2) is 6.61 Å². The van der Waals surface area contributed by atoms with Crippen LogP contribution >= 0.6 is 0 Å². The van der Waals surface area contributed by atoms with E-state index in [1.807, 2.05) is 6.92 Å². The molecule has 0 unspecified atom stereocenters. The monoisotopic (exact) mass is 274 g/mol. The number of nitrogens with zero attached hydrogens (tertiary/aromatic N) is 2. The Kier molecular flexibility index (Phi) is 4.49.